The molecule has 166 valence electrons. The van der Waals surface area contributed by atoms with Crippen molar-refractivity contribution in [2.75, 3.05) is 10.6 Å². The number of carbonyl (C=O) groups is 1. The molecule has 0 radical (unpaired) electrons. The van der Waals surface area contributed by atoms with Crippen molar-refractivity contribution in [3.05, 3.63) is 50.4 Å². The number of rotatable bonds is 9. The second-order valence-electron chi connectivity index (χ2n) is 7.34. The molecular formula is C20H21F3N4O4. The third kappa shape index (κ3) is 5.05. The van der Waals surface area contributed by atoms with Gasteiger partial charge in [0, 0.05) is 29.1 Å². The van der Waals surface area contributed by atoms with Crippen molar-refractivity contribution in [2.24, 2.45) is 0 Å². The van der Waals surface area contributed by atoms with Gasteiger partial charge in [0.2, 0.25) is 5.91 Å². The highest BCUT2D eigenvalue weighted by molar-refractivity contribution is 5.87. The average molecular weight is 438 g/mol. The van der Waals surface area contributed by atoms with Crippen LogP contribution in [0.5, 0.6) is 0 Å². The van der Waals surface area contributed by atoms with Crippen molar-refractivity contribution in [1.29, 1.82) is 0 Å². The van der Waals surface area contributed by atoms with E-state index in [0.717, 1.165) is 6.07 Å². The van der Waals surface area contributed by atoms with Crippen molar-refractivity contribution in [3.8, 4) is 0 Å². The van der Waals surface area contributed by atoms with E-state index in [1.54, 1.807) is 5.48 Å². The minimum absolute atomic E-state index is 0.0541. The number of H-pyrrole nitrogens is 1. The predicted molar refractivity (Wildman–Crippen MR) is 109 cm³/mol. The van der Waals surface area contributed by atoms with Crippen LogP contribution in [0.1, 0.15) is 38.3 Å². The number of amides is 1. The summed E-state index contributed by atoms with van der Waals surface area (Å²) in [4.78, 5) is 37.2. The van der Waals surface area contributed by atoms with E-state index in [1.807, 2.05) is 6.92 Å². The molecule has 5 N–H and O–H groups in total. The Bertz CT molecular complexity index is 1160. The van der Waals surface area contributed by atoms with Crippen molar-refractivity contribution in [2.45, 2.75) is 44.8 Å². The van der Waals surface area contributed by atoms with Crippen LogP contribution in [0.25, 0.3) is 10.9 Å². The second-order valence-corrected chi connectivity index (χ2v) is 7.34. The van der Waals surface area contributed by atoms with Gasteiger partial charge in [-0.1, -0.05) is 12.5 Å². The van der Waals surface area contributed by atoms with Crippen LogP contribution in [0, 0.1) is 0 Å². The molecule has 0 aliphatic rings. The lowest BCUT2D eigenvalue weighted by atomic mass is 10.1. The van der Waals surface area contributed by atoms with Gasteiger partial charge in [0.1, 0.15) is 17.1 Å². The molecule has 3 aromatic rings. The van der Waals surface area contributed by atoms with Crippen LogP contribution in [0.3, 0.4) is 0 Å². The summed E-state index contributed by atoms with van der Waals surface area (Å²) in [7, 11) is 0. The van der Waals surface area contributed by atoms with Crippen LogP contribution in [0.4, 0.5) is 30.2 Å². The fourth-order valence-electron chi connectivity index (χ4n) is 3.26. The van der Waals surface area contributed by atoms with E-state index in [2.05, 4.69) is 15.6 Å². The van der Waals surface area contributed by atoms with Crippen molar-refractivity contribution >= 4 is 33.9 Å². The molecule has 0 fully saturated rings. The molecule has 31 heavy (non-hydrogen) atoms. The van der Waals surface area contributed by atoms with Gasteiger partial charge >= 0.3 is 6.18 Å². The number of nitrogens with one attached hydrogen (secondary N) is 4. The summed E-state index contributed by atoms with van der Waals surface area (Å²) in [6.45, 7) is 1.82. The number of anilines is 3. The summed E-state index contributed by atoms with van der Waals surface area (Å²) >= 11 is 0. The van der Waals surface area contributed by atoms with E-state index in [9.17, 15) is 27.6 Å². The highest BCUT2D eigenvalue weighted by atomic mass is 19.4. The minimum Gasteiger partial charge on any atom is -0.377 e. The maximum Gasteiger partial charge on any atom is 0.431 e. The Morgan fingerprint density at radius 1 is 1.13 bits per heavy atom. The van der Waals surface area contributed by atoms with Crippen LogP contribution >= 0.6 is 0 Å². The lowest BCUT2D eigenvalue weighted by Crippen LogP contribution is -2.38. The molecule has 11 heteroatoms. The Kier molecular flexibility index (Phi) is 6.34. The number of benzene rings is 1. The molecule has 0 bridgehead atoms. The second kappa shape index (κ2) is 8.80. The summed E-state index contributed by atoms with van der Waals surface area (Å²) < 4.78 is 38.6. The third-order valence-electron chi connectivity index (χ3n) is 4.91. The summed E-state index contributed by atoms with van der Waals surface area (Å²) in [6.07, 6.45) is -2.50. The quantitative estimate of drug-likeness (QED) is 0.151. The molecule has 8 nitrogen and oxygen atoms in total. The van der Waals surface area contributed by atoms with Gasteiger partial charge in [0.15, 0.2) is 0 Å². The summed E-state index contributed by atoms with van der Waals surface area (Å²) in [5.41, 5.74) is 0.0720. The Hall–Kier alpha value is -3.34. The van der Waals surface area contributed by atoms with Crippen molar-refractivity contribution < 1.29 is 23.2 Å². The molecular weight excluding hydrogens is 417 g/mol. The van der Waals surface area contributed by atoms with E-state index in [-0.39, 0.29) is 29.4 Å². The molecule has 1 aromatic heterocycles. The van der Waals surface area contributed by atoms with Crippen LogP contribution in [-0.4, -0.2) is 22.1 Å². The SMILES string of the molecule is C[C@H](CCCCC(=O)NO)Nc1c(Nc2ccc3cc(C(F)(F)F)[nH]c3c2)c(=O)c1=O. The molecule has 0 spiro atoms. The van der Waals surface area contributed by atoms with Crippen molar-refractivity contribution in [3.63, 3.8) is 0 Å². The summed E-state index contributed by atoms with van der Waals surface area (Å²) in [6, 6.07) is 5.26. The lowest BCUT2D eigenvalue weighted by molar-refractivity contribution is -0.140. The number of aromatic nitrogens is 1. The molecule has 0 aliphatic heterocycles. The molecule has 2 aromatic carbocycles. The van der Waals surface area contributed by atoms with Gasteiger partial charge in [-0.2, -0.15) is 13.2 Å². The highest BCUT2D eigenvalue weighted by Crippen LogP contribution is 2.32. The van der Waals surface area contributed by atoms with Gasteiger partial charge in [-0.3, -0.25) is 19.6 Å². The number of hydrogen-bond acceptors (Lipinski definition) is 6. The minimum atomic E-state index is -4.50. The monoisotopic (exact) mass is 438 g/mol. The normalized spacial score (nSPS) is 12.8. The van der Waals surface area contributed by atoms with E-state index in [0.29, 0.717) is 30.3 Å². The maximum absolute atomic E-state index is 12.9. The first-order valence-electron chi connectivity index (χ1n) is 9.60. The number of alkyl halides is 3. The first kappa shape index (κ1) is 22.3. The number of halogens is 3. The van der Waals surface area contributed by atoms with Crippen LogP contribution in [0.2, 0.25) is 0 Å². The maximum atomic E-state index is 12.9. The fraction of sp³-hybridized carbons (Fsp3) is 0.350. The van der Waals surface area contributed by atoms with Gasteiger partial charge in [-0.15, -0.1) is 0 Å². The van der Waals surface area contributed by atoms with Crippen LogP contribution in [-0.2, 0) is 11.0 Å². The summed E-state index contributed by atoms with van der Waals surface area (Å²) in [5.74, 6) is -0.476. The van der Waals surface area contributed by atoms with Gasteiger partial charge < -0.3 is 15.6 Å². The van der Waals surface area contributed by atoms with Crippen molar-refractivity contribution in [1.82, 2.24) is 10.5 Å². The zero-order chi connectivity index (χ0) is 22.8. The van der Waals surface area contributed by atoms with E-state index < -0.39 is 28.6 Å². The largest absolute Gasteiger partial charge is 0.431 e. The molecule has 1 heterocycles. The molecule has 1 amide bonds. The zero-order valence-corrected chi connectivity index (χ0v) is 16.5. The standard InChI is InChI=1S/C20H21F3N4O4/c1-10(4-2-3-5-15(28)27-31)24-16-17(19(30)18(16)29)25-12-7-6-11-8-14(20(21,22)23)26-13(11)9-12/h6-10,24-26,31H,2-5H2,1H3,(H,27,28)/t10-/m1/s1. The molecule has 3 rings (SSSR count). The fourth-order valence-corrected chi connectivity index (χ4v) is 3.26. The van der Waals surface area contributed by atoms with Gasteiger partial charge in [-0.25, -0.2) is 5.48 Å². The number of unbranched alkanes of at least 4 members (excludes halogenated alkanes) is 1. The molecule has 1 atom stereocenters. The van der Waals surface area contributed by atoms with Gasteiger partial charge in [0.25, 0.3) is 10.9 Å². The predicted octanol–water partition coefficient (Wildman–Crippen LogP) is 3.39. The Balaban J connectivity index is 1.67. The number of hydrogen-bond donors (Lipinski definition) is 5. The smallest absolute Gasteiger partial charge is 0.377 e. The van der Waals surface area contributed by atoms with Gasteiger partial charge in [-0.05, 0) is 38.0 Å². The van der Waals surface area contributed by atoms with E-state index >= 15 is 0 Å². The highest BCUT2D eigenvalue weighted by Gasteiger charge is 2.32. The number of fused-ring (bicyclic) bond motifs is 1. The number of hydroxylamine groups is 1. The first-order valence-corrected chi connectivity index (χ1v) is 9.60. The molecule has 0 saturated carbocycles. The van der Waals surface area contributed by atoms with E-state index in [1.165, 1.54) is 18.2 Å². The number of aromatic amines is 1. The topological polar surface area (TPSA) is 123 Å². The summed E-state index contributed by atoms with van der Waals surface area (Å²) in [5, 5.41) is 14.6. The van der Waals surface area contributed by atoms with Gasteiger partial charge in [0.05, 0.1) is 0 Å². The molecule has 0 saturated heterocycles. The third-order valence-corrected chi connectivity index (χ3v) is 4.91. The van der Waals surface area contributed by atoms with Crippen LogP contribution < -0.4 is 27.0 Å². The molecule has 0 aliphatic carbocycles. The Morgan fingerprint density at radius 2 is 1.84 bits per heavy atom. The van der Waals surface area contributed by atoms with E-state index in [4.69, 9.17) is 5.21 Å². The first-order chi connectivity index (χ1) is 14.6. The van der Waals surface area contributed by atoms with Crippen LogP contribution in [0.15, 0.2) is 33.9 Å². The average Bonchev–Trinajstić information content (AvgIpc) is 3.17. The lowest BCUT2D eigenvalue weighted by Gasteiger charge is -2.19. The number of carbonyl (C=O) groups excluding carboxylic acids is 1. The Morgan fingerprint density at radius 3 is 2.52 bits per heavy atom. The zero-order valence-electron chi connectivity index (χ0n) is 16.5. The Labute approximate surface area is 174 Å². The molecule has 0 unspecified atom stereocenters.